The highest BCUT2D eigenvalue weighted by atomic mass is 32.1. The van der Waals surface area contributed by atoms with Gasteiger partial charge in [-0.05, 0) is 6.07 Å². The average molecular weight is 222 g/mol. The van der Waals surface area contributed by atoms with Crippen molar-refractivity contribution in [3.8, 4) is 0 Å². The summed E-state index contributed by atoms with van der Waals surface area (Å²) >= 11 is 1.21. The van der Waals surface area contributed by atoms with Crippen molar-refractivity contribution in [1.82, 2.24) is 10.2 Å². The summed E-state index contributed by atoms with van der Waals surface area (Å²) in [6.07, 6.45) is 2.50. The van der Waals surface area contributed by atoms with Crippen LogP contribution in [0.1, 0.15) is 10.4 Å². The van der Waals surface area contributed by atoms with Crippen LogP contribution < -0.4 is 10.0 Å². The molecule has 0 spiro atoms. The highest BCUT2D eigenvalue weighted by Crippen LogP contribution is 2.09. The maximum atomic E-state index is 11.5. The minimum atomic E-state index is -0.378. The molecule has 0 aliphatic heterocycles. The van der Waals surface area contributed by atoms with Crippen molar-refractivity contribution in [3.05, 3.63) is 40.8 Å². The van der Waals surface area contributed by atoms with Crippen molar-refractivity contribution in [2.45, 2.75) is 0 Å². The van der Waals surface area contributed by atoms with Crippen LogP contribution in [-0.4, -0.2) is 16.1 Å². The van der Waals surface area contributed by atoms with Gasteiger partial charge in [-0.1, -0.05) is 11.3 Å². The Hall–Kier alpha value is -2.02. The summed E-state index contributed by atoms with van der Waals surface area (Å²) in [5.41, 5.74) is 1.79. The third-order valence-corrected chi connectivity index (χ3v) is 2.22. The molecule has 0 atom stereocenters. The number of nitrogens with zero attached hydrogens (tertiary/aromatic N) is 3. The van der Waals surface area contributed by atoms with Crippen LogP contribution in [0.4, 0.5) is 5.13 Å². The molecule has 15 heavy (non-hydrogen) atoms. The molecule has 76 valence electrons. The van der Waals surface area contributed by atoms with Crippen LogP contribution in [0.15, 0.2) is 30.0 Å². The van der Waals surface area contributed by atoms with E-state index in [-0.39, 0.29) is 11.5 Å². The highest BCUT2D eigenvalue weighted by molar-refractivity contribution is 7.13. The summed E-state index contributed by atoms with van der Waals surface area (Å²) in [6, 6.07) is 3.05. The second-order valence-corrected chi connectivity index (χ2v) is 3.48. The number of hydrogen-bond acceptors (Lipinski definition) is 5. The van der Waals surface area contributed by atoms with Crippen molar-refractivity contribution in [1.29, 1.82) is 0 Å². The molecule has 0 radical (unpaired) electrons. The van der Waals surface area contributed by atoms with Crippen LogP contribution in [0.5, 0.6) is 0 Å². The Morgan fingerprint density at radius 2 is 2.47 bits per heavy atom. The van der Waals surface area contributed by atoms with E-state index in [0.29, 0.717) is 9.86 Å². The Morgan fingerprint density at radius 1 is 1.60 bits per heavy atom. The zero-order chi connectivity index (χ0) is 10.7. The average Bonchev–Trinajstić information content (AvgIpc) is 2.70. The molecule has 0 fully saturated rings. The summed E-state index contributed by atoms with van der Waals surface area (Å²) in [5.74, 6) is -0.378. The fourth-order valence-corrected chi connectivity index (χ4v) is 1.43. The lowest BCUT2D eigenvalue weighted by Gasteiger charge is -2.00. The number of pyridine rings is 1. The van der Waals surface area contributed by atoms with Gasteiger partial charge in [-0.25, -0.2) is 0 Å². The molecule has 0 unspecified atom stereocenters. The number of anilines is 1. The van der Waals surface area contributed by atoms with E-state index in [2.05, 4.69) is 15.5 Å². The van der Waals surface area contributed by atoms with Crippen molar-refractivity contribution >= 4 is 22.4 Å². The molecule has 7 heteroatoms. The largest absolute Gasteiger partial charge is 0.619 e. The Balaban J connectivity index is 2.15. The van der Waals surface area contributed by atoms with E-state index in [0.717, 1.165) is 0 Å². The lowest BCUT2D eigenvalue weighted by molar-refractivity contribution is -0.605. The van der Waals surface area contributed by atoms with E-state index >= 15 is 0 Å². The zero-order valence-electron chi connectivity index (χ0n) is 7.45. The van der Waals surface area contributed by atoms with Gasteiger partial charge in [-0.3, -0.25) is 10.1 Å². The quantitative estimate of drug-likeness (QED) is 0.590. The van der Waals surface area contributed by atoms with E-state index in [1.807, 2.05) is 0 Å². The van der Waals surface area contributed by atoms with E-state index < -0.39 is 0 Å². The first kappa shape index (κ1) is 9.53. The Labute approximate surface area is 88.8 Å². The van der Waals surface area contributed by atoms with Crippen LogP contribution in [0.25, 0.3) is 0 Å². The van der Waals surface area contributed by atoms with E-state index in [4.69, 9.17) is 0 Å². The number of aromatic nitrogens is 3. The number of amides is 1. The third-order valence-electron chi connectivity index (χ3n) is 1.62. The molecule has 1 amide bonds. The van der Waals surface area contributed by atoms with Gasteiger partial charge in [0.2, 0.25) is 5.13 Å². The molecule has 0 saturated heterocycles. The minimum Gasteiger partial charge on any atom is -0.619 e. The zero-order valence-corrected chi connectivity index (χ0v) is 8.27. The minimum absolute atomic E-state index is 0.280. The lowest BCUT2D eigenvalue weighted by Crippen LogP contribution is -2.27. The van der Waals surface area contributed by atoms with Gasteiger partial charge in [0, 0.05) is 6.07 Å². The maximum absolute atomic E-state index is 11.5. The molecule has 0 aliphatic rings. The van der Waals surface area contributed by atoms with Gasteiger partial charge in [0.05, 0.1) is 0 Å². The number of carbonyl (C=O) groups is 1. The Kier molecular flexibility index (Phi) is 2.55. The second-order valence-electron chi connectivity index (χ2n) is 2.65. The van der Waals surface area contributed by atoms with Crippen molar-refractivity contribution in [2.75, 3.05) is 5.32 Å². The van der Waals surface area contributed by atoms with E-state index in [9.17, 15) is 10.0 Å². The van der Waals surface area contributed by atoms with Gasteiger partial charge >= 0.3 is 0 Å². The van der Waals surface area contributed by atoms with Gasteiger partial charge in [-0.2, -0.15) is 4.73 Å². The molecule has 2 heterocycles. The molecular formula is C8H6N4O2S. The summed E-state index contributed by atoms with van der Waals surface area (Å²) in [4.78, 5) is 11.5. The van der Waals surface area contributed by atoms with Gasteiger partial charge in [0.15, 0.2) is 12.4 Å². The molecule has 2 aromatic heterocycles. The molecule has 2 aromatic rings. The Morgan fingerprint density at radius 3 is 3.13 bits per heavy atom. The number of nitrogens with one attached hydrogen (secondary N) is 1. The second kappa shape index (κ2) is 4.01. The smallest absolute Gasteiger partial charge is 0.263 e. The first-order chi connectivity index (χ1) is 7.25. The van der Waals surface area contributed by atoms with Gasteiger partial charge in [-0.15, -0.1) is 10.2 Å². The molecule has 0 aliphatic carbocycles. The first-order valence-electron chi connectivity index (χ1n) is 4.02. The molecular weight excluding hydrogens is 216 g/mol. The monoisotopic (exact) mass is 222 g/mol. The molecule has 6 nitrogen and oxygen atoms in total. The van der Waals surface area contributed by atoms with Gasteiger partial charge < -0.3 is 5.21 Å². The predicted molar refractivity (Wildman–Crippen MR) is 53.3 cm³/mol. The number of carbonyl (C=O) groups excluding carboxylic acids is 1. The maximum Gasteiger partial charge on any atom is 0.263 e. The SMILES string of the molecule is O=C(Nc1nncs1)c1ccc[n+]([O-])c1. The number of hydrogen-bond donors (Lipinski definition) is 1. The Bertz CT molecular complexity index is 471. The summed E-state index contributed by atoms with van der Waals surface area (Å²) in [5, 5.41) is 21.1. The normalized spacial score (nSPS) is 9.87. The lowest BCUT2D eigenvalue weighted by atomic mass is 10.3. The van der Waals surface area contributed by atoms with Crippen LogP contribution in [0.3, 0.4) is 0 Å². The fraction of sp³-hybridized carbons (Fsp3) is 0. The fourth-order valence-electron chi connectivity index (χ4n) is 0.986. The van der Waals surface area contributed by atoms with E-state index in [1.54, 1.807) is 6.07 Å². The first-order valence-corrected chi connectivity index (χ1v) is 4.90. The summed E-state index contributed by atoms with van der Waals surface area (Å²) < 4.78 is 0.564. The topological polar surface area (TPSA) is 81.8 Å². The third kappa shape index (κ3) is 2.26. The standard InChI is InChI=1S/C8H6N4O2S/c13-7(10-8-11-9-5-15-8)6-2-1-3-12(14)4-6/h1-5H,(H,10,11,13). The van der Waals surface area contributed by atoms with E-state index in [1.165, 1.54) is 35.3 Å². The molecule has 1 N–H and O–H groups in total. The molecule has 0 bridgehead atoms. The molecule has 0 saturated carbocycles. The van der Waals surface area contributed by atoms with Crippen LogP contribution in [0, 0.1) is 5.21 Å². The van der Waals surface area contributed by atoms with Gasteiger partial charge in [0.25, 0.3) is 5.91 Å². The predicted octanol–water partition coefficient (Wildman–Crippen LogP) is 0.424. The highest BCUT2D eigenvalue weighted by Gasteiger charge is 2.10. The van der Waals surface area contributed by atoms with Crippen LogP contribution >= 0.6 is 11.3 Å². The van der Waals surface area contributed by atoms with Crippen LogP contribution in [-0.2, 0) is 0 Å². The van der Waals surface area contributed by atoms with Crippen LogP contribution in [0.2, 0.25) is 0 Å². The molecule has 2 rings (SSSR count). The summed E-state index contributed by atoms with van der Waals surface area (Å²) in [7, 11) is 0. The molecule has 0 aromatic carbocycles. The summed E-state index contributed by atoms with van der Waals surface area (Å²) in [6.45, 7) is 0. The van der Waals surface area contributed by atoms with Gasteiger partial charge in [0.1, 0.15) is 11.1 Å². The van der Waals surface area contributed by atoms with Crippen molar-refractivity contribution < 1.29 is 9.52 Å². The number of rotatable bonds is 2. The van der Waals surface area contributed by atoms with Crippen molar-refractivity contribution in [2.24, 2.45) is 0 Å². The van der Waals surface area contributed by atoms with Crippen molar-refractivity contribution in [3.63, 3.8) is 0 Å².